The van der Waals surface area contributed by atoms with Crippen molar-refractivity contribution in [3.63, 3.8) is 0 Å². The fourth-order valence-electron chi connectivity index (χ4n) is 3.90. The Labute approximate surface area is 175 Å². The SMILES string of the molecule is COc1ccc2[nH]c(C(=O)N[C@H](C)c3cnn(-c4ccccc4C)c3C)c(C)c2c1. The first-order chi connectivity index (χ1) is 14.4. The molecule has 1 atom stereocenters. The molecule has 4 rings (SSSR count). The Balaban J connectivity index is 1.60. The number of methoxy groups -OCH3 is 1. The van der Waals surface area contributed by atoms with Gasteiger partial charge >= 0.3 is 0 Å². The normalized spacial score (nSPS) is 12.2. The maximum absolute atomic E-state index is 13.0. The molecular weight excluding hydrogens is 376 g/mol. The van der Waals surface area contributed by atoms with E-state index in [1.165, 1.54) is 0 Å². The maximum Gasteiger partial charge on any atom is 0.268 e. The maximum atomic E-state index is 13.0. The first-order valence-corrected chi connectivity index (χ1v) is 9.98. The number of H-pyrrole nitrogens is 1. The van der Waals surface area contributed by atoms with E-state index in [2.05, 4.69) is 28.4 Å². The summed E-state index contributed by atoms with van der Waals surface area (Å²) in [7, 11) is 1.64. The van der Waals surface area contributed by atoms with Crippen molar-refractivity contribution >= 4 is 16.8 Å². The third kappa shape index (κ3) is 3.34. The van der Waals surface area contributed by atoms with Gasteiger partial charge in [-0.3, -0.25) is 4.79 Å². The van der Waals surface area contributed by atoms with E-state index in [0.717, 1.165) is 44.7 Å². The number of nitrogens with one attached hydrogen (secondary N) is 2. The lowest BCUT2D eigenvalue weighted by Gasteiger charge is -2.14. The highest BCUT2D eigenvalue weighted by Gasteiger charge is 2.20. The highest BCUT2D eigenvalue weighted by molar-refractivity contribution is 6.01. The molecule has 1 amide bonds. The number of fused-ring (bicyclic) bond motifs is 1. The zero-order valence-electron chi connectivity index (χ0n) is 17.9. The van der Waals surface area contributed by atoms with Crippen molar-refractivity contribution < 1.29 is 9.53 Å². The number of aryl methyl sites for hydroxylation is 2. The molecule has 0 aliphatic rings. The highest BCUT2D eigenvalue weighted by atomic mass is 16.5. The van der Waals surface area contributed by atoms with Gasteiger partial charge in [0.05, 0.1) is 25.0 Å². The molecule has 0 aliphatic carbocycles. The van der Waals surface area contributed by atoms with Crippen LogP contribution in [0.2, 0.25) is 0 Å². The van der Waals surface area contributed by atoms with Crippen LogP contribution < -0.4 is 10.1 Å². The van der Waals surface area contributed by atoms with Crippen molar-refractivity contribution in [1.82, 2.24) is 20.1 Å². The van der Waals surface area contributed by atoms with E-state index in [1.807, 2.05) is 68.0 Å². The van der Waals surface area contributed by atoms with Crippen LogP contribution in [0, 0.1) is 20.8 Å². The number of carbonyl (C=O) groups is 1. The van der Waals surface area contributed by atoms with Crippen LogP contribution in [0.3, 0.4) is 0 Å². The van der Waals surface area contributed by atoms with Gasteiger partial charge < -0.3 is 15.0 Å². The Bertz CT molecular complexity index is 1240. The van der Waals surface area contributed by atoms with Crippen molar-refractivity contribution in [2.45, 2.75) is 33.7 Å². The molecule has 0 radical (unpaired) electrons. The Morgan fingerprint density at radius 1 is 1.17 bits per heavy atom. The van der Waals surface area contributed by atoms with Crippen LogP contribution in [0.25, 0.3) is 16.6 Å². The number of aromatic amines is 1. The predicted octanol–water partition coefficient (Wildman–Crippen LogP) is 4.78. The van der Waals surface area contributed by atoms with Crippen molar-refractivity contribution in [3.8, 4) is 11.4 Å². The monoisotopic (exact) mass is 402 g/mol. The fourth-order valence-corrected chi connectivity index (χ4v) is 3.90. The van der Waals surface area contributed by atoms with Crippen LogP contribution in [0.5, 0.6) is 5.75 Å². The van der Waals surface area contributed by atoms with E-state index in [0.29, 0.717) is 5.69 Å². The minimum absolute atomic E-state index is 0.141. The summed E-state index contributed by atoms with van der Waals surface area (Å²) in [6.45, 7) is 8.01. The molecule has 6 heteroatoms. The molecule has 0 saturated heterocycles. The zero-order chi connectivity index (χ0) is 21.4. The minimum atomic E-state index is -0.185. The Morgan fingerprint density at radius 2 is 1.93 bits per heavy atom. The Morgan fingerprint density at radius 3 is 2.67 bits per heavy atom. The summed E-state index contributed by atoms with van der Waals surface area (Å²) in [5.41, 5.74) is 6.57. The fraction of sp³-hybridized carbons (Fsp3) is 0.250. The molecule has 2 N–H and O–H groups in total. The lowest BCUT2D eigenvalue weighted by molar-refractivity contribution is 0.0935. The van der Waals surface area contributed by atoms with Gasteiger partial charge in [-0.2, -0.15) is 5.10 Å². The molecule has 0 aliphatic heterocycles. The number of carbonyl (C=O) groups excluding carboxylic acids is 1. The number of hydrogen-bond acceptors (Lipinski definition) is 3. The number of benzene rings is 2. The smallest absolute Gasteiger partial charge is 0.268 e. The molecule has 4 aromatic rings. The summed E-state index contributed by atoms with van der Waals surface area (Å²) >= 11 is 0. The number of nitrogens with zero attached hydrogens (tertiary/aromatic N) is 2. The first kappa shape index (κ1) is 19.8. The average Bonchev–Trinajstić information content (AvgIpc) is 3.28. The summed E-state index contributed by atoms with van der Waals surface area (Å²) < 4.78 is 7.23. The van der Waals surface area contributed by atoms with Gasteiger partial charge in [-0.25, -0.2) is 4.68 Å². The molecule has 0 fully saturated rings. The van der Waals surface area contributed by atoms with Crippen LogP contribution in [-0.2, 0) is 0 Å². The van der Waals surface area contributed by atoms with Gasteiger partial charge in [-0.05, 0) is 63.1 Å². The molecule has 0 unspecified atom stereocenters. The third-order valence-corrected chi connectivity index (χ3v) is 5.70. The molecule has 2 aromatic carbocycles. The van der Waals surface area contributed by atoms with Crippen LogP contribution >= 0.6 is 0 Å². The number of hydrogen-bond donors (Lipinski definition) is 2. The Hall–Kier alpha value is -3.54. The second kappa shape index (κ2) is 7.71. The minimum Gasteiger partial charge on any atom is -0.497 e. The molecule has 154 valence electrons. The van der Waals surface area contributed by atoms with Crippen molar-refractivity contribution in [2.24, 2.45) is 0 Å². The zero-order valence-corrected chi connectivity index (χ0v) is 17.9. The lowest BCUT2D eigenvalue weighted by Crippen LogP contribution is -2.27. The molecule has 30 heavy (non-hydrogen) atoms. The summed E-state index contributed by atoms with van der Waals surface area (Å²) in [5, 5.41) is 8.65. The molecule has 0 bridgehead atoms. The van der Waals surface area contributed by atoms with Crippen LogP contribution in [-0.4, -0.2) is 27.8 Å². The van der Waals surface area contributed by atoms with Gasteiger partial charge in [0.2, 0.25) is 0 Å². The summed E-state index contributed by atoms with van der Waals surface area (Å²) in [5.74, 6) is 0.627. The second-order valence-electron chi connectivity index (χ2n) is 7.62. The molecule has 2 heterocycles. The van der Waals surface area contributed by atoms with Crippen LogP contribution in [0.4, 0.5) is 0 Å². The van der Waals surface area contributed by atoms with Gasteiger partial charge in [0.25, 0.3) is 5.91 Å². The largest absolute Gasteiger partial charge is 0.497 e. The molecule has 0 spiro atoms. The predicted molar refractivity (Wildman–Crippen MR) is 119 cm³/mol. The summed E-state index contributed by atoms with van der Waals surface area (Å²) in [4.78, 5) is 16.3. The van der Waals surface area contributed by atoms with E-state index >= 15 is 0 Å². The van der Waals surface area contributed by atoms with E-state index in [1.54, 1.807) is 7.11 Å². The molecule has 6 nitrogen and oxygen atoms in total. The van der Waals surface area contributed by atoms with Gasteiger partial charge in [-0.15, -0.1) is 0 Å². The van der Waals surface area contributed by atoms with E-state index in [-0.39, 0.29) is 11.9 Å². The molecular formula is C24H26N4O2. The molecule has 0 saturated carbocycles. The van der Waals surface area contributed by atoms with Gasteiger partial charge in [0.1, 0.15) is 11.4 Å². The number of ether oxygens (including phenoxy) is 1. The van der Waals surface area contributed by atoms with E-state index in [9.17, 15) is 4.79 Å². The van der Waals surface area contributed by atoms with E-state index in [4.69, 9.17) is 4.74 Å². The van der Waals surface area contributed by atoms with Gasteiger partial charge in [0.15, 0.2) is 0 Å². The summed E-state index contributed by atoms with van der Waals surface area (Å²) in [6.07, 6.45) is 1.83. The highest BCUT2D eigenvalue weighted by Crippen LogP contribution is 2.27. The average molecular weight is 402 g/mol. The topological polar surface area (TPSA) is 71.9 Å². The lowest BCUT2D eigenvalue weighted by atomic mass is 10.1. The third-order valence-electron chi connectivity index (χ3n) is 5.70. The number of aromatic nitrogens is 3. The number of amides is 1. The van der Waals surface area contributed by atoms with Crippen molar-refractivity contribution in [3.05, 3.63) is 76.7 Å². The summed E-state index contributed by atoms with van der Waals surface area (Å²) in [6, 6.07) is 13.7. The van der Waals surface area contributed by atoms with Crippen LogP contribution in [0.1, 0.15) is 45.8 Å². The van der Waals surface area contributed by atoms with Gasteiger partial charge in [-0.1, -0.05) is 18.2 Å². The van der Waals surface area contributed by atoms with Crippen LogP contribution in [0.15, 0.2) is 48.7 Å². The first-order valence-electron chi connectivity index (χ1n) is 9.98. The number of rotatable bonds is 5. The second-order valence-corrected chi connectivity index (χ2v) is 7.62. The van der Waals surface area contributed by atoms with Gasteiger partial charge in [0, 0.05) is 22.2 Å². The number of para-hydroxylation sites is 1. The van der Waals surface area contributed by atoms with E-state index < -0.39 is 0 Å². The van der Waals surface area contributed by atoms with Crippen molar-refractivity contribution in [1.29, 1.82) is 0 Å². The molecule has 2 aromatic heterocycles. The standard InChI is InChI=1S/C24H26N4O2/c1-14-8-6-7-9-22(14)28-17(4)20(13-25-28)16(3)26-24(29)23-15(2)19-12-18(30-5)10-11-21(19)27-23/h6-13,16,27H,1-5H3,(H,26,29)/t16-/m1/s1. The Kier molecular flexibility index (Phi) is 5.08. The quantitative estimate of drug-likeness (QED) is 0.505. The van der Waals surface area contributed by atoms with Crippen molar-refractivity contribution in [2.75, 3.05) is 7.11 Å².